The summed E-state index contributed by atoms with van der Waals surface area (Å²) in [5.41, 5.74) is 1.73. The maximum Gasteiger partial charge on any atom is 0.320 e. The normalized spacial score (nSPS) is 10.4. The Labute approximate surface area is 128 Å². The minimum atomic E-state index is -0.317. The topological polar surface area (TPSA) is 68.2 Å². The van der Waals surface area contributed by atoms with E-state index in [4.69, 9.17) is 16.3 Å². The van der Waals surface area contributed by atoms with E-state index in [0.29, 0.717) is 24.0 Å². The molecule has 0 aliphatic carbocycles. The highest BCUT2D eigenvalue weighted by atomic mass is 35.5. The smallest absolute Gasteiger partial charge is 0.320 e. The molecule has 2 aromatic rings. The maximum absolute atomic E-state index is 11.7. The summed E-state index contributed by atoms with van der Waals surface area (Å²) in [5.74, 6) is 0.474. The lowest BCUT2D eigenvalue weighted by atomic mass is 10.3. The largest absolute Gasteiger partial charge is 0.383 e. The van der Waals surface area contributed by atoms with Crippen LogP contribution in [0.3, 0.4) is 0 Å². The molecule has 0 bridgehead atoms. The Kier molecular flexibility index (Phi) is 5.19. The predicted molar refractivity (Wildman–Crippen MR) is 82.2 cm³/mol. The number of aromatic nitrogens is 2. The van der Waals surface area contributed by atoms with Gasteiger partial charge in [0, 0.05) is 30.4 Å². The predicted octanol–water partition coefficient (Wildman–Crippen LogP) is 2.60. The van der Waals surface area contributed by atoms with Gasteiger partial charge in [-0.3, -0.25) is 5.32 Å². The Bertz CT molecular complexity index is 627. The van der Waals surface area contributed by atoms with Crippen molar-refractivity contribution in [1.29, 1.82) is 0 Å². The third-order valence-electron chi connectivity index (χ3n) is 2.77. The van der Waals surface area contributed by atoms with Crippen LogP contribution in [0.5, 0.6) is 0 Å². The lowest BCUT2D eigenvalue weighted by Crippen LogP contribution is -2.31. The van der Waals surface area contributed by atoms with Crippen molar-refractivity contribution < 1.29 is 9.53 Å². The third kappa shape index (κ3) is 4.21. The van der Waals surface area contributed by atoms with Crippen molar-refractivity contribution in [2.75, 3.05) is 25.6 Å². The number of rotatable bonds is 5. The van der Waals surface area contributed by atoms with E-state index in [1.165, 1.54) is 0 Å². The molecule has 0 atom stereocenters. The van der Waals surface area contributed by atoms with Crippen LogP contribution in [0.1, 0.15) is 5.69 Å². The highest BCUT2D eigenvalue weighted by Crippen LogP contribution is 2.18. The molecule has 1 aromatic heterocycles. The average molecular weight is 309 g/mol. The molecule has 6 nitrogen and oxygen atoms in total. The number of anilines is 1. The molecule has 21 heavy (non-hydrogen) atoms. The fraction of sp³-hybridized carbons (Fsp3) is 0.286. The number of methoxy groups -OCH3 is 1. The second kappa shape index (κ2) is 7.10. The van der Waals surface area contributed by atoms with Gasteiger partial charge in [0.1, 0.15) is 0 Å². The van der Waals surface area contributed by atoms with Crippen molar-refractivity contribution in [3.8, 4) is 5.69 Å². The molecule has 0 saturated heterocycles. The summed E-state index contributed by atoms with van der Waals surface area (Å²) in [6.45, 7) is 2.81. The molecular weight excluding hydrogens is 292 g/mol. The van der Waals surface area contributed by atoms with Crippen LogP contribution in [0.2, 0.25) is 5.02 Å². The number of nitrogens with zero attached hydrogens (tertiary/aromatic N) is 2. The number of ether oxygens (including phenoxy) is 1. The fourth-order valence-corrected chi connectivity index (χ4v) is 2.02. The quantitative estimate of drug-likeness (QED) is 0.834. The molecular formula is C14H17ClN4O2. The van der Waals surface area contributed by atoms with Gasteiger partial charge in [-0.2, -0.15) is 0 Å². The molecule has 112 valence electrons. The lowest BCUT2D eigenvalue weighted by molar-refractivity contribution is 0.198. The van der Waals surface area contributed by atoms with Crippen LogP contribution in [0.15, 0.2) is 30.3 Å². The van der Waals surface area contributed by atoms with Crippen molar-refractivity contribution in [1.82, 2.24) is 15.1 Å². The molecule has 2 amide bonds. The number of benzene rings is 1. The van der Waals surface area contributed by atoms with Crippen molar-refractivity contribution >= 4 is 23.4 Å². The van der Waals surface area contributed by atoms with Crippen LogP contribution in [-0.2, 0) is 4.74 Å². The Morgan fingerprint density at radius 3 is 2.95 bits per heavy atom. The Morgan fingerprint density at radius 1 is 1.43 bits per heavy atom. The van der Waals surface area contributed by atoms with Crippen LogP contribution < -0.4 is 10.6 Å². The zero-order valence-electron chi connectivity index (χ0n) is 11.9. The van der Waals surface area contributed by atoms with E-state index in [9.17, 15) is 4.79 Å². The molecule has 2 rings (SSSR count). The molecule has 0 aliphatic rings. The van der Waals surface area contributed by atoms with E-state index in [1.807, 2.05) is 25.1 Å². The SMILES string of the molecule is COCCNC(=O)Nc1cc(C)n(-c2cccc(Cl)c2)n1. The summed E-state index contributed by atoms with van der Waals surface area (Å²) in [6.07, 6.45) is 0. The first-order valence-electron chi connectivity index (χ1n) is 6.46. The third-order valence-corrected chi connectivity index (χ3v) is 3.01. The summed E-state index contributed by atoms with van der Waals surface area (Å²) in [7, 11) is 1.58. The first-order chi connectivity index (χ1) is 10.1. The van der Waals surface area contributed by atoms with Crippen LogP contribution in [0.4, 0.5) is 10.6 Å². The summed E-state index contributed by atoms with van der Waals surface area (Å²) >= 11 is 5.98. The number of carbonyl (C=O) groups is 1. The van der Waals surface area contributed by atoms with Crippen molar-refractivity contribution in [3.63, 3.8) is 0 Å². The highest BCUT2D eigenvalue weighted by molar-refractivity contribution is 6.30. The first kappa shape index (κ1) is 15.3. The Morgan fingerprint density at radius 2 is 2.24 bits per heavy atom. The highest BCUT2D eigenvalue weighted by Gasteiger charge is 2.09. The van der Waals surface area contributed by atoms with E-state index in [-0.39, 0.29) is 6.03 Å². The molecule has 1 aromatic carbocycles. The molecule has 0 fully saturated rings. The van der Waals surface area contributed by atoms with E-state index >= 15 is 0 Å². The van der Waals surface area contributed by atoms with Crippen LogP contribution in [0, 0.1) is 6.92 Å². The standard InChI is InChI=1S/C14H17ClN4O2/c1-10-8-13(17-14(20)16-6-7-21-2)18-19(10)12-5-3-4-11(15)9-12/h3-5,8-9H,6-7H2,1-2H3,(H2,16,17,18,20). The van der Waals surface area contributed by atoms with Crippen LogP contribution in [-0.4, -0.2) is 36.1 Å². The van der Waals surface area contributed by atoms with Crippen molar-refractivity contribution in [2.24, 2.45) is 0 Å². The maximum atomic E-state index is 11.7. The molecule has 0 spiro atoms. The number of carbonyl (C=O) groups excluding carboxylic acids is 1. The minimum absolute atomic E-state index is 0.317. The Balaban J connectivity index is 2.07. The molecule has 7 heteroatoms. The van der Waals surface area contributed by atoms with Gasteiger partial charge >= 0.3 is 6.03 Å². The van der Waals surface area contributed by atoms with Crippen LogP contribution in [0.25, 0.3) is 5.69 Å². The molecule has 0 saturated carbocycles. The lowest BCUT2D eigenvalue weighted by Gasteiger charge is -2.05. The number of aryl methyl sites for hydroxylation is 1. The van der Waals surface area contributed by atoms with Gasteiger partial charge in [0.15, 0.2) is 5.82 Å². The average Bonchev–Trinajstić information content (AvgIpc) is 2.80. The summed E-state index contributed by atoms with van der Waals surface area (Å²) in [5, 5.41) is 10.3. The van der Waals surface area contributed by atoms with Gasteiger partial charge in [-0.15, -0.1) is 5.10 Å². The first-order valence-corrected chi connectivity index (χ1v) is 6.84. The summed E-state index contributed by atoms with van der Waals surface area (Å²) < 4.78 is 6.58. The summed E-state index contributed by atoms with van der Waals surface area (Å²) in [4.78, 5) is 11.7. The monoisotopic (exact) mass is 308 g/mol. The van der Waals surface area contributed by atoms with Crippen molar-refractivity contribution in [2.45, 2.75) is 6.92 Å². The number of halogens is 1. The minimum Gasteiger partial charge on any atom is -0.383 e. The number of urea groups is 1. The number of hydrogen-bond acceptors (Lipinski definition) is 3. The fourth-order valence-electron chi connectivity index (χ4n) is 1.83. The van der Waals surface area contributed by atoms with E-state index < -0.39 is 0 Å². The van der Waals surface area contributed by atoms with Gasteiger partial charge in [-0.05, 0) is 25.1 Å². The zero-order valence-corrected chi connectivity index (χ0v) is 12.6. The molecule has 0 radical (unpaired) electrons. The van der Waals surface area contributed by atoms with Gasteiger partial charge in [0.25, 0.3) is 0 Å². The zero-order chi connectivity index (χ0) is 15.2. The second-order valence-electron chi connectivity index (χ2n) is 4.44. The van der Waals surface area contributed by atoms with Gasteiger partial charge in [-0.25, -0.2) is 9.48 Å². The van der Waals surface area contributed by atoms with Gasteiger partial charge in [0.05, 0.1) is 12.3 Å². The second-order valence-corrected chi connectivity index (χ2v) is 4.87. The Hall–Kier alpha value is -2.05. The molecule has 0 unspecified atom stereocenters. The molecule has 1 heterocycles. The summed E-state index contributed by atoms with van der Waals surface area (Å²) in [6, 6.07) is 8.83. The molecule has 2 N–H and O–H groups in total. The number of hydrogen-bond donors (Lipinski definition) is 2. The number of amides is 2. The number of nitrogens with one attached hydrogen (secondary N) is 2. The van der Waals surface area contributed by atoms with E-state index in [2.05, 4.69) is 15.7 Å². The van der Waals surface area contributed by atoms with E-state index in [1.54, 1.807) is 23.9 Å². The van der Waals surface area contributed by atoms with Crippen LogP contribution >= 0.6 is 11.6 Å². The van der Waals surface area contributed by atoms with Gasteiger partial charge in [0.2, 0.25) is 0 Å². The van der Waals surface area contributed by atoms with E-state index in [0.717, 1.165) is 11.4 Å². The van der Waals surface area contributed by atoms with Gasteiger partial charge in [-0.1, -0.05) is 17.7 Å². The van der Waals surface area contributed by atoms with Crippen molar-refractivity contribution in [3.05, 3.63) is 41.0 Å². The molecule has 0 aliphatic heterocycles. The van der Waals surface area contributed by atoms with Gasteiger partial charge < -0.3 is 10.1 Å².